The monoisotopic (exact) mass is 307 g/mol. The lowest BCUT2D eigenvalue weighted by atomic mass is 10.0. The fourth-order valence-electron chi connectivity index (χ4n) is 1.78. The summed E-state index contributed by atoms with van der Waals surface area (Å²) in [6.45, 7) is 1.98. The van der Waals surface area contributed by atoms with Crippen LogP contribution in [0.4, 0.5) is 0 Å². The highest BCUT2D eigenvalue weighted by Crippen LogP contribution is 2.30. The lowest BCUT2D eigenvalue weighted by Crippen LogP contribution is -2.04. The van der Waals surface area contributed by atoms with E-state index in [0.717, 1.165) is 15.6 Å². The first kappa shape index (κ1) is 13.1. The summed E-state index contributed by atoms with van der Waals surface area (Å²) in [4.78, 5) is 4.21. The first-order valence-corrected chi connectivity index (χ1v) is 6.35. The number of halogens is 1. The summed E-state index contributed by atoms with van der Waals surface area (Å²) in [5, 5.41) is 10.4. The first-order chi connectivity index (χ1) is 8.61. The molecule has 94 valence electrons. The molecule has 2 rings (SSSR count). The zero-order valence-corrected chi connectivity index (χ0v) is 11.8. The molecule has 0 aliphatic rings. The van der Waals surface area contributed by atoms with Crippen LogP contribution in [0.25, 0.3) is 0 Å². The Balaban J connectivity index is 2.41. The number of aliphatic hydroxyl groups is 1. The van der Waals surface area contributed by atoms with Crippen LogP contribution in [-0.2, 0) is 0 Å². The Morgan fingerprint density at radius 1 is 1.28 bits per heavy atom. The minimum Gasteiger partial charge on any atom is -0.496 e. The summed E-state index contributed by atoms with van der Waals surface area (Å²) in [7, 11) is 1.59. The lowest BCUT2D eigenvalue weighted by Gasteiger charge is -2.15. The van der Waals surface area contributed by atoms with Gasteiger partial charge in [0.05, 0.1) is 12.8 Å². The molecular weight excluding hydrogens is 294 g/mol. The topological polar surface area (TPSA) is 42.4 Å². The Morgan fingerprint density at radius 2 is 2.06 bits per heavy atom. The molecule has 0 saturated carbocycles. The molecule has 2 aromatic rings. The fraction of sp³-hybridized carbons (Fsp3) is 0.214. The molecule has 1 unspecified atom stereocenters. The van der Waals surface area contributed by atoms with E-state index in [1.807, 2.05) is 31.2 Å². The molecule has 0 amide bonds. The van der Waals surface area contributed by atoms with Crippen molar-refractivity contribution in [1.29, 1.82) is 0 Å². The number of aryl methyl sites for hydroxylation is 1. The van der Waals surface area contributed by atoms with Crippen LogP contribution in [0.3, 0.4) is 0 Å². The molecule has 4 heteroatoms. The molecule has 0 spiro atoms. The van der Waals surface area contributed by atoms with Crippen LogP contribution >= 0.6 is 15.9 Å². The van der Waals surface area contributed by atoms with Crippen molar-refractivity contribution in [2.24, 2.45) is 0 Å². The number of rotatable bonds is 3. The van der Waals surface area contributed by atoms with Crippen LogP contribution in [0.1, 0.15) is 22.9 Å². The Morgan fingerprint density at radius 3 is 2.67 bits per heavy atom. The van der Waals surface area contributed by atoms with E-state index < -0.39 is 6.10 Å². The van der Waals surface area contributed by atoms with Gasteiger partial charge in [-0.3, -0.25) is 4.98 Å². The van der Waals surface area contributed by atoms with E-state index in [2.05, 4.69) is 20.9 Å². The van der Waals surface area contributed by atoms with E-state index in [0.29, 0.717) is 11.4 Å². The Kier molecular flexibility index (Phi) is 3.99. The molecule has 0 radical (unpaired) electrons. The quantitative estimate of drug-likeness (QED) is 0.946. The van der Waals surface area contributed by atoms with Gasteiger partial charge >= 0.3 is 0 Å². The standard InChI is InChI=1S/C14H14BrNO2/c1-9-3-6-13(18-2)11(7-9)14(17)12-5-4-10(15)8-16-12/h3-8,14,17H,1-2H3. The van der Waals surface area contributed by atoms with Crippen molar-refractivity contribution in [1.82, 2.24) is 4.98 Å². The Labute approximate surface area is 115 Å². The molecule has 0 aliphatic heterocycles. The highest BCUT2D eigenvalue weighted by molar-refractivity contribution is 9.10. The second-order valence-corrected chi connectivity index (χ2v) is 4.96. The van der Waals surface area contributed by atoms with Crippen LogP contribution in [0.15, 0.2) is 41.0 Å². The van der Waals surface area contributed by atoms with Crippen LogP contribution in [-0.4, -0.2) is 17.2 Å². The third-order valence-electron chi connectivity index (χ3n) is 2.71. The molecule has 0 aliphatic carbocycles. The van der Waals surface area contributed by atoms with Crippen LogP contribution in [0.5, 0.6) is 5.75 Å². The second kappa shape index (κ2) is 5.50. The highest BCUT2D eigenvalue weighted by atomic mass is 79.9. The third-order valence-corrected chi connectivity index (χ3v) is 3.18. The summed E-state index contributed by atoms with van der Waals surface area (Å²) in [6.07, 6.45) is 0.883. The van der Waals surface area contributed by atoms with Gasteiger partial charge in [0.15, 0.2) is 0 Å². The number of aliphatic hydroxyl groups excluding tert-OH is 1. The van der Waals surface area contributed by atoms with Crippen molar-refractivity contribution in [3.05, 3.63) is 57.8 Å². The summed E-state index contributed by atoms with van der Waals surface area (Å²) in [5.74, 6) is 0.665. The van der Waals surface area contributed by atoms with Crippen molar-refractivity contribution >= 4 is 15.9 Å². The molecule has 18 heavy (non-hydrogen) atoms. The smallest absolute Gasteiger partial charge is 0.125 e. The molecule has 1 atom stereocenters. The maximum absolute atomic E-state index is 10.4. The highest BCUT2D eigenvalue weighted by Gasteiger charge is 2.16. The number of methoxy groups -OCH3 is 1. The summed E-state index contributed by atoms with van der Waals surface area (Å²) in [6, 6.07) is 9.36. The maximum Gasteiger partial charge on any atom is 0.125 e. The number of ether oxygens (including phenoxy) is 1. The van der Waals surface area contributed by atoms with Gasteiger partial charge in [-0.05, 0) is 47.1 Å². The first-order valence-electron chi connectivity index (χ1n) is 5.56. The molecule has 1 aromatic carbocycles. The number of benzene rings is 1. The van der Waals surface area contributed by atoms with E-state index in [9.17, 15) is 5.11 Å². The van der Waals surface area contributed by atoms with E-state index in [-0.39, 0.29) is 0 Å². The average molecular weight is 308 g/mol. The van der Waals surface area contributed by atoms with Gasteiger partial charge in [0.2, 0.25) is 0 Å². The van der Waals surface area contributed by atoms with E-state index in [1.54, 1.807) is 19.4 Å². The molecule has 0 bridgehead atoms. The number of pyridine rings is 1. The number of hydrogen-bond acceptors (Lipinski definition) is 3. The van der Waals surface area contributed by atoms with E-state index in [1.165, 1.54) is 0 Å². The Bertz CT molecular complexity index is 540. The Hall–Kier alpha value is -1.39. The van der Waals surface area contributed by atoms with Crippen molar-refractivity contribution in [2.45, 2.75) is 13.0 Å². The van der Waals surface area contributed by atoms with Gasteiger partial charge in [-0.1, -0.05) is 11.6 Å². The normalized spacial score (nSPS) is 12.2. The van der Waals surface area contributed by atoms with Gasteiger partial charge in [-0.15, -0.1) is 0 Å². The van der Waals surface area contributed by atoms with Gasteiger partial charge < -0.3 is 9.84 Å². The second-order valence-electron chi connectivity index (χ2n) is 4.05. The van der Waals surface area contributed by atoms with Gasteiger partial charge in [-0.25, -0.2) is 0 Å². The summed E-state index contributed by atoms with van der Waals surface area (Å²) >= 11 is 3.32. The summed E-state index contributed by atoms with van der Waals surface area (Å²) < 4.78 is 6.15. The molecule has 1 N–H and O–H groups in total. The SMILES string of the molecule is COc1ccc(C)cc1C(O)c1ccc(Br)cn1. The van der Waals surface area contributed by atoms with Crippen molar-refractivity contribution in [3.63, 3.8) is 0 Å². The summed E-state index contributed by atoms with van der Waals surface area (Å²) in [5.41, 5.74) is 2.40. The van der Waals surface area contributed by atoms with E-state index in [4.69, 9.17) is 4.74 Å². The lowest BCUT2D eigenvalue weighted by molar-refractivity contribution is 0.210. The van der Waals surface area contributed by atoms with Crippen molar-refractivity contribution < 1.29 is 9.84 Å². The third kappa shape index (κ3) is 2.71. The van der Waals surface area contributed by atoms with Crippen LogP contribution in [0, 0.1) is 6.92 Å². The fourth-order valence-corrected chi connectivity index (χ4v) is 2.01. The predicted octanol–water partition coefficient (Wildman–Crippen LogP) is 3.24. The maximum atomic E-state index is 10.4. The average Bonchev–Trinajstić information content (AvgIpc) is 2.39. The number of aromatic nitrogens is 1. The predicted molar refractivity (Wildman–Crippen MR) is 73.7 cm³/mol. The van der Waals surface area contributed by atoms with Crippen LogP contribution in [0.2, 0.25) is 0 Å². The number of hydrogen-bond donors (Lipinski definition) is 1. The minimum atomic E-state index is -0.784. The zero-order chi connectivity index (χ0) is 13.1. The molecule has 1 heterocycles. The van der Waals surface area contributed by atoms with E-state index >= 15 is 0 Å². The zero-order valence-electron chi connectivity index (χ0n) is 10.2. The van der Waals surface area contributed by atoms with Crippen LogP contribution < -0.4 is 4.74 Å². The molecule has 0 fully saturated rings. The van der Waals surface area contributed by atoms with Crippen molar-refractivity contribution in [3.8, 4) is 5.75 Å². The van der Waals surface area contributed by atoms with Gasteiger partial charge in [0.1, 0.15) is 11.9 Å². The minimum absolute atomic E-state index is 0.599. The molecule has 0 saturated heterocycles. The molecule has 1 aromatic heterocycles. The van der Waals surface area contributed by atoms with Gasteiger partial charge in [0.25, 0.3) is 0 Å². The number of nitrogens with zero attached hydrogens (tertiary/aromatic N) is 1. The van der Waals surface area contributed by atoms with Gasteiger partial charge in [-0.2, -0.15) is 0 Å². The molecule has 3 nitrogen and oxygen atoms in total. The van der Waals surface area contributed by atoms with Crippen molar-refractivity contribution in [2.75, 3.05) is 7.11 Å². The van der Waals surface area contributed by atoms with Gasteiger partial charge in [0, 0.05) is 16.2 Å². The molecular formula is C14H14BrNO2. The largest absolute Gasteiger partial charge is 0.496 e.